The molecule has 1 saturated carbocycles. The molecule has 3 N–H and O–H groups in total. The summed E-state index contributed by atoms with van der Waals surface area (Å²) in [4.78, 5) is 0.361. The Hall–Kier alpha value is -0.910. The van der Waals surface area contributed by atoms with E-state index in [1.54, 1.807) is 6.07 Å². The van der Waals surface area contributed by atoms with Crippen molar-refractivity contribution in [1.82, 2.24) is 4.72 Å². The summed E-state index contributed by atoms with van der Waals surface area (Å²) < 4.78 is 28.3. The van der Waals surface area contributed by atoms with Gasteiger partial charge in [0.25, 0.3) is 0 Å². The van der Waals surface area contributed by atoms with Gasteiger partial charge in [0.15, 0.2) is 0 Å². The maximum atomic E-state index is 12.7. The number of aryl methyl sites for hydroxylation is 2. The Morgan fingerprint density at radius 3 is 2.38 bits per heavy atom. The molecule has 1 aliphatic carbocycles. The van der Waals surface area contributed by atoms with Gasteiger partial charge in [-0.1, -0.05) is 19.9 Å². The van der Waals surface area contributed by atoms with Gasteiger partial charge in [0.2, 0.25) is 10.0 Å². The van der Waals surface area contributed by atoms with E-state index in [9.17, 15) is 8.42 Å². The fourth-order valence-corrected chi connectivity index (χ4v) is 4.82. The van der Waals surface area contributed by atoms with Crippen molar-refractivity contribution in [2.75, 3.05) is 0 Å². The van der Waals surface area contributed by atoms with Crippen molar-refractivity contribution in [2.24, 2.45) is 17.6 Å². The summed E-state index contributed by atoms with van der Waals surface area (Å²) in [5.41, 5.74) is 8.40. The predicted molar refractivity (Wildman–Crippen MR) is 85.5 cm³/mol. The first-order chi connectivity index (χ1) is 9.76. The number of nitrogens with one attached hydrogen (secondary N) is 1. The first kappa shape index (κ1) is 16.5. The van der Waals surface area contributed by atoms with Gasteiger partial charge in [0.1, 0.15) is 0 Å². The molecule has 118 valence electrons. The van der Waals surface area contributed by atoms with E-state index in [4.69, 9.17) is 5.73 Å². The van der Waals surface area contributed by atoms with Crippen molar-refractivity contribution < 1.29 is 8.42 Å². The molecule has 1 aliphatic rings. The van der Waals surface area contributed by atoms with Crippen molar-refractivity contribution in [3.8, 4) is 0 Å². The molecule has 5 heteroatoms. The van der Waals surface area contributed by atoms with E-state index < -0.39 is 10.0 Å². The van der Waals surface area contributed by atoms with Gasteiger partial charge in [0, 0.05) is 12.6 Å². The van der Waals surface area contributed by atoms with Gasteiger partial charge in [-0.3, -0.25) is 0 Å². The van der Waals surface area contributed by atoms with Crippen LogP contribution in [-0.4, -0.2) is 14.5 Å². The first-order valence-electron chi connectivity index (χ1n) is 7.58. The molecule has 2 rings (SSSR count). The van der Waals surface area contributed by atoms with Crippen LogP contribution in [0, 0.1) is 25.7 Å². The molecular weight excluding hydrogens is 284 g/mol. The SMILES string of the molecule is Cc1cc(C)c(S(=O)(=O)NC2CCC(C)C2C)cc1CN. The minimum absolute atomic E-state index is 0.0343. The van der Waals surface area contributed by atoms with E-state index >= 15 is 0 Å². The molecular formula is C16H26N2O2S. The molecule has 21 heavy (non-hydrogen) atoms. The highest BCUT2D eigenvalue weighted by molar-refractivity contribution is 7.89. The summed E-state index contributed by atoms with van der Waals surface area (Å²) >= 11 is 0. The van der Waals surface area contributed by atoms with Crippen molar-refractivity contribution in [1.29, 1.82) is 0 Å². The summed E-state index contributed by atoms with van der Waals surface area (Å²) in [6.07, 6.45) is 1.99. The van der Waals surface area contributed by atoms with E-state index in [-0.39, 0.29) is 6.04 Å². The Morgan fingerprint density at radius 1 is 1.19 bits per heavy atom. The average Bonchev–Trinajstić information content (AvgIpc) is 2.70. The quantitative estimate of drug-likeness (QED) is 0.897. The van der Waals surface area contributed by atoms with Gasteiger partial charge in [-0.2, -0.15) is 0 Å². The van der Waals surface area contributed by atoms with Gasteiger partial charge in [-0.05, 0) is 61.3 Å². The lowest BCUT2D eigenvalue weighted by Gasteiger charge is -2.21. The zero-order valence-corrected chi connectivity index (χ0v) is 14.1. The molecule has 0 saturated heterocycles. The normalized spacial score (nSPS) is 26.2. The molecule has 1 fully saturated rings. The van der Waals surface area contributed by atoms with Crippen LogP contribution in [0.15, 0.2) is 17.0 Å². The van der Waals surface area contributed by atoms with Crippen LogP contribution >= 0.6 is 0 Å². The number of rotatable bonds is 4. The van der Waals surface area contributed by atoms with E-state index in [1.807, 2.05) is 19.9 Å². The predicted octanol–water partition coefficient (Wildman–Crippen LogP) is 2.48. The van der Waals surface area contributed by atoms with E-state index in [0.29, 0.717) is 23.3 Å². The summed E-state index contributed by atoms with van der Waals surface area (Å²) in [5.74, 6) is 0.941. The fraction of sp³-hybridized carbons (Fsp3) is 0.625. The third-order valence-electron chi connectivity index (χ3n) is 4.91. The average molecular weight is 310 g/mol. The zero-order valence-electron chi connectivity index (χ0n) is 13.3. The van der Waals surface area contributed by atoms with Gasteiger partial charge >= 0.3 is 0 Å². The van der Waals surface area contributed by atoms with E-state index in [2.05, 4.69) is 18.6 Å². The molecule has 0 bridgehead atoms. The number of sulfonamides is 1. The molecule has 3 atom stereocenters. The zero-order chi connectivity index (χ0) is 15.8. The number of hydrogen-bond acceptors (Lipinski definition) is 3. The fourth-order valence-electron chi connectivity index (χ4n) is 3.18. The van der Waals surface area contributed by atoms with Gasteiger partial charge in [0.05, 0.1) is 4.90 Å². The van der Waals surface area contributed by atoms with Crippen LogP contribution in [-0.2, 0) is 16.6 Å². The Morgan fingerprint density at radius 2 is 1.86 bits per heavy atom. The maximum Gasteiger partial charge on any atom is 0.241 e. The molecule has 1 aromatic carbocycles. The summed E-state index contributed by atoms with van der Waals surface area (Å²) in [7, 11) is -3.49. The summed E-state index contributed by atoms with van der Waals surface area (Å²) in [6.45, 7) is 8.45. The molecule has 0 aliphatic heterocycles. The van der Waals surface area contributed by atoms with Crippen molar-refractivity contribution >= 4 is 10.0 Å². The minimum atomic E-state index is -3.49. The first-order valence-corrected chi connectivity index (χ1v) is 9.07. The highest BCUT2D eigenvalue weighted by Gasteiger charge is 2.33. The van der Waals surface area contributed by atoms with E-state index in [1.165, 1.54) is 0 Å². The maximum absolute atomic E-state index is 12.7. The van der Waals surface area contributed by atoms with Gasteiger partial charge < -0.3 is 5.73 Å². The molecule has 4 nitrogen and oxygen atoms in total. The molecule has 3 unspecified atom stereocenters. The number of hydrogen-bond donors (Lipinski definition) is 2. The highest BCUT2D eigenvalue weighted by Crippen LogP contribution is 2.32. The largest absolute Gasteiger partial charge is 0.326 e. The van der Waals surface area contributed by atoms with Crippen LogP contribution in [0.4, 0.5) is 0 Å². The molecule has 0 amide bonds. The Kier molecular flexibility index (Phi) is 4.76. The monoisotopic (exact) mass is 310 g/mol. The topological polar surface area (TPSA) is 72.2 Å². The third-order valence-corrected chi connectivity index (χ3v) is 6.55. The van der Waals surface area contributed by atoms with Crippen LogP contribution in [0.1, 0.15) is 43.4 Å². The van der Waals surface area contributed by atoms with Crippen LogP contribution in [0.2, 0.25) is 0 Å². The van der Waals surface area contributed by atoms with Gasteiger partial charge in [-0.15, -0.1) is 0 Å². The third kappa shape index (κ3) is 3.30. The van der Waals surface area contributed by atoms with Crippen molar-refractivity contribution in [3.63, 3.8) is 0 Å². The second-order valence-electron chi connectivity index (χ2n) is 6.39. The lowest BCUT2D eigenvalue weighted by atomic mass is 9.98. The molecule has 0 radical (unpaired) electrons. The molecule has 0 aromatic heterocycles. The second-order valence-corrected chi connectivity index (χ2v) is 8.07. The van der Waals surface area contributed by atoms with Crippen LogP contribution in [0.25, 0.3) is 0 Å². The molecule has 1 aromatic rings. The van der Waals surface area contributed by atoms with Crippen LogP contribution in [0.3, 0.4) is 0 Å². The van der Waals surface area contributed by atoms with Gasteiger partial charge in [-0.25, -0.2) is 13.1 Å². The molecule has 0 spiro atoms. The van der Waals surface area contributed by atoms with Crippen molar-refractivity contribution in [2.45, 2.75) is 58.0 Å². The Balaban J connectivity index is 2.32. The standard InChI is InChI=1S/C16H26N2O2S/c1-10-5-6-15(13(10)4)18-21(19,20)16-8-14(9-17)11(2)7-12(16)3/h7-8,10,13,15,18H,5-6,9,17H2,1-4H3. The summed E-state index contributed by atoms with van der Waals surface area (Å²) in [6, 6.07) is 3.65. The second kappa shape index (κ2) is 6.07. The lowest BCUT2D eigenvalue weighted by Crippen LogP contribution is -2.37. The van der Waals surface area contributed by atoms with Crippen LogP contribution < -0.4 is 10.5 Å². The van der Waals surface area contributed by atoms with E-state index in [0.717, 1.165) is 29.5 Å². The number of nitrogens with two attached hydrogens (primary N) is 1. The van der Waals surface area contributed by atoms with Crippen molar-refractivity contribution in [3.05, 3.63) is 28.8 Å². The Bertz CT molecular complexity index is 625. The lowest BCUT2D eigenvalue weighted by molar-refractivity contribution is 0.402. The summed E-state index contributed by atoms with van der Waals surface area (Å²) in [5, 5.41) is 0. The number of benzene rings is 1. The Labute approximate surface area is 128 Å². The van der Waals surface area contributed by atoms with Crippen LogP contribution in [0.5, 0.6) is 0 Å². The highest BCUT2D eigenvalue weighted by atomic mass is 32.2. The smallest absolute Gasteiger partial charge is 0.241 e. The molecule has 0 heterocycles. The minimum Gasteiger partial charge on any atom is -0.326 e.